The molecule has 0 aromatic rings. The molecule has 0 spiro atoms. The quantitative estimate of drug-likeness (QED) is 0.227. The topological polar surface area (TPSA) is 104 Å². The minimum atomic E-state index is -0.0518. The van der Waals surface area contributed by atoms with Crippen LogP contribution >= 0.6 is 0 Å². The molecule has 6 nitrogen and oxygen atoms in total. The lowest BCUT2D eigenvalue weighted by molar-refractivity contribution is -0.126. The zero-order valence-electron chi connectivity index (χ0n) is 18.9. The largest absolute Gasteiger partial charge is 0.394 e. The number of oxime groups is 1. The van der Waals surface area contributed by atoms with Crippen LogP contribution in [0.1, 0.15) is 78.1 Å². The molecule has 3 unspecified atom stereocenters. The first-order chi connectivity index (χ1) is 14.3. The van der Waals surface area contributed by atoms with Crippen molar-refractivity contribution >= 4 is 12.2 Å². The molecule has 170 valence electrons. The Morgan fingerprint density at radius 1 is 1.13 bits per heavy atom. The van der Waals surface area contributed by atoms with Crippen LogP contribution in [0.4, 0.5) is 0 Å². The van der Waals surface area contributed by atoms with Crippen LogP contribution in [0.25, 0.3) is 0 Å². The number of aliphatic hydroxyl groups excluding tert-OH is 1. The Labute approximate surface area is 181 Å². The Kier molecular flexibility index (Phi) is 6.34. The number of hydrogen-bond acceptors (Lipinski definition) is 4. The van der Waals surface area contributed by atoms with E-state index < -0.39 is 0 Å². The summed E-state index contributed by atoms with van der Waals surface area (Å²) in [7, 11) is 0. The van der Waals surface area contributed by atoms with Crippen LogP contribution in [0, 0.1) is 45.8 Å². The molecule has 4 aliphatic carbocycles. The smallest absolute Gasteiger partial charge is 0.185 e. The third-order valence-corrected chi connectivity index (χ3v) is 9.88. The van der Waals surface area contributed by atoms with Gasteiger partial charge >= 0.3 is 0 Å². The number of nitrogens with one attached hydrogen (secondary N) is 2. The maximum Gasteiger partial charge on any atom is 0.185 e. The van der Waals surface area contributed by atoms with Gasteiger partial charge in [0.1, 0.15) is 6.61 Å². The monoisotopic (exact) mass is 418 g/mol. The average molecular weight is 419 g/mol. The van der Waals surface area contributed by atoms with E-state index in [1.165, 1.54) is 44.9 Å². The van der Waals surface area contributed by atoms with Crippen molar-refractivity contribution in [3.05, 3.63) is 0 Å². The van der Waals surface area contributed by atoms with Gasteiger partial charge in [-0.05, 0) is 105 Å². The number of nitrogens with two attached hydrogens (primary N) is 1. The number of fused-ring (bicyclic) bond motifs is 5. The fraction of sp³-hybridized carbons (Fsp3) is 0.917. The first-order valence-corrected chi connectivity index (χ1v) is 12.2. The van der Waals surface area contributed by atoms with Crippen LogP contribution in [0.5, 0.6) is 0 Å². The molecule has 0 aromatic heterocycles. The van der Waals surface area contributed by atoms with Gasteiger partial charge < -0.3 is 21.0 Å². The first kappa shape index (κ1) is 21.9. The van der Waals surface area contributed by atoms with Crippen LogP contribution in [-0.2, 0) is 4.84 Å². The van der Waals surface area contributed by atoms with Crippen molar-refractivity contribution in [2.24, 2.45) is 51.3 Å². The molecule has 30 heavy (non-hydrogen) atoms. The van der Waals surface area contributed by atoms with Crippen LogP contribution in [0.3, 0.4) is 0 Å². The second-order valence-corrected chi connectivity index (χ2v) is 11.1. The molecule has 0 aromatic carbocycles. The van der Waals surface area contributed by atoms with Gasteiger partial charge in [0.05, 0.1) is 12.6 Å². The molecule has 4 aliphatic rings. The van der Waals surface area contributed by atoms with Gasteiger partial charge in [0.25, 0.3) is 0 Å². The highest BCUT2D eigenvalue weighted by molar-refractivity contribution is 5.74. The maximum atomic E-state index is 10.2. The Hall–Kier alpha value is -1.30. The molecule has 4 fully saturated rings. The fourth-order valence-corrected chi connectivity index (χ4v) is 8.24. The molecular weight excluding hydrogens is 376 g/mol. The van der Waals surface area contributed by atoms with Gasteiger partial charge in [0.2, 0.25) is 0 Å². The second kappa shape index (κ2) is 8.68. The van der Waals surface area contributed by atoms with Crippen molar-refractivity contribution in [2.45, 2.75) is 84.2 Å². The maximum absolute atomic E-state index is 10.2. The zero-order chi connectivity index (χ0) is 21.4. The summed E-state index contributed by atoms with van der Waals surface area (Å²) in [6.45, 7) is 6.07. The van der Waals surface area contributed by atoms with E-state index >= 15 is 0 Å². The van der Waals surface area contributed by atoms with Crippen LogP contribution in [0.2, 0.25) is 0 Å². The van der Waals surface area contributed by atoms with Crippen LogP contribution in [0.15, 0.2) is 5.16 Å². The van der Waals surface area contributed by atoms with Gasteiger partial charge in [0.15, 0.2) is 5.96 Å². The summed E-state index contributed by atoms with van der Waals surface area (Å²) in [5.74, 6) is 4.04. The van der Waals surface area contributed by atoms with E-state index in [2.05, 4.69) is 24.3 Å². The van der Waals surface area contributed by atoms with Gasteiger partial charge in [-0.1, -0.05) is 19.0 Å². The Morgan fingerprint density at radius 3 is 2.70 bits per heavy atom. The van der Waals surface area contributed by atoms with Crippen molar-refractivity contribution in [1.29, 1.82) is 5.41 Å². The molecular formula is C24H42N4O2. The van der Waals surface area contributed by atoms with Crippen molar-refractivity contribution in [2.75, 3.05) is 13.2 Å². The highest BCUT2D eigenvalue weighted by Gasteiger charge is 2.59. The third-order valence-electron chi connectivity index (χ3n) is 9.88. The molecule has 0 aliphatic heterocycles. The van der Waals surface area contributed by atoms with E-state index in [-0.39, 0.29) is 12.1 Å². The van der Waals surface area contributed by atoms with Gasteiger partial charge in [0, 0.05) is 6.21 Å². The Morgan fingerprint density at radius 2 is 1.90 bits per heavy atom. The summed E-state index contributed by atoms with van der Waals surface area (Å²) in [4.78, 5) is 5.31. The summed E-state index contributed by atoms with van der Waals surface area (Å²) in [6.07, 6.45) is 14.4. The highest BCUT2D eigenvalue weighted by atomic mass is 16.6. The average Bonchev–Trinajstić information content (AvgIpc) is 3.04. The number of guanidine groups is 1. The van der Waals surface area contributed by atoms with Crippen molar-refractivity contribution in [1.82, 2.24) is 5.32 Å². The summed E-state index contributed by atoms with van der Waals surface area (Å²) in [6, 6.07) is 0. The zero-order valence-corrected chi connectivity index (χ0v) is 18.9. The molecule has 0 saturated heterocycles. The van der Waals surface area contributed by atoms with Gasteiger partial charge in [-0.2, -0.15) is 0 Å². The van der Waals surface area contributed by atoms with E-state index in [9.17, 15) is 5.11 Å². The highest BCUT2D eigenvalue weighted by Crippen LogP contribution is 2.67. The number of aliphatic hydroxyl groups is 1. The molecule has 4 rings (SSSR count). The summed E-state index contributed by atoms with van der Waals surface area (Å²) in [5, 5.41) is 24.2. The molecule has 0 heterocycles. The minimum Gasteiger partial charge on any atom is -0.394 e. The van der Waals surface area contributed by atoms with E-state index in [0.717, 1.165) is 42.9 Å². The standard InChI is InChI=1S/C24H42N4O2/c1-23-11-8-21-19(5-3-17-15-18(29)7-10-24(17,21)2)20(23)6-4-16(23)9-12-28-30-14-13-27-22(25)26/h12,16-21,29H,3-11,13-15H2,1-2H3,(H4,25,26,27)/t16?,17?,18?,19-,20-,21+,23+,24-/m0/s1. The van der Waals surface area contributed by atoms with E-state index in [1.54, 1.807) is 0 Å². The lowest BCUT2D eigenvalue weighted by Gasteiger charge is -2.61. The van der Waals surface area contributed by atoms with E-state index in [0.29, 0.717) is 29.9 Å². The van der Waals surface area contributed by atoms with Crippen LogP contribution in [-0.4, -0.2) is 36.5 Å². The number of nitrogens with zero attached hydrogens (tertiary/aromatic N) is 1. The predicted molar refractivity (Wildman–Crippen MR) is 120 cm³/mol. The third kappa shape index (κ3) is 3.96. The fourth-order valence-electron chi connectivity index (χ4n) is 8.24. The molecule has 6 heteroatoms. The minimum absolute atomic E-state index is 0.0320. The Bertz CT molecular complexity index is 655. The summed E-state index contributed by atoms with van der Waals surface area (Å²) >= 11 is 0. The molecule has 8 atom stereocenters. The SMILES string of the molecule is C[C@]12CCC(O)CC1CC[C@@H]1[C@H]2CC[C@]2(C)C(CC=NOCCNC(=N)N)CC[C@@H]12. The van der Waals surface area contributed by atoms with Crippen molar-refractivity contribution in [3.8, 4) is 0 Å². The van der Waals surface area contributed by atoms with Crippen molar-refractivity contribution in [3.63, 3.8) is 0 Å². The molecule has 0 radical (unpaired) electrons. The normalized spacial score (nSPS) is 45.4. The lowest BCUT2D eigenvalue weighted by atomic mass is 9.44. The second-order valence-electron chi connectivity index (χ2n) is 11.1. The van der Waals surface area contributed by atoms with Crippen molar-refractivity contribution < 1.29 is 9.94 Å². The van der Waals surface area contributed by atoms with Gasteiger partial charge in [-0.3, -0.25) is 5.41 Å². The van der Waals surface area contributed by atoms with Crippen LogP contribution < -0.4 is 11.1 Å². The van der Waals surface area contributed by atoms with E-state index in [4.69, 9.17) is 16.0 Å². The summed E-state index contributed by atoms with van der Waals surface area (Å²) < 4.78 is 0. The first-order valence-electron chi connectivity index (χ1n) is 12.2. The number of rotatable bonds is 6. The predicted octanol–water partition coefficient (Wildman–Crippen LogP) is 3.88. The number of hydrogen-bond donors (Lipinski definition) is 4. The van der Waals surface area contributed by atoms with Gasteiger partial charge in [-0.25, -0.2) is 0 Å². The molecule has 0 amide bonds. The molecule has 0 bridgehead atoms. The van der Waals surface area contributed by atoms with E-state index in [1.807, 2.05) is 6.21 Å². The molecule has 5 N–H and O–H groups in total. The van der Waals surface area contributed by atoms with Gasteiger partial charge in [-0.15, -0.1) is 0 Å². The molecule has 4 saturated carbocycles. The Balaban J connectivity index is 1.34. The lowest BCUT2D eigenvalue weighted by Crippen LogP contribution is -2.53. The summed E-state index contributed by atoms with van der Waals surface area (Å²) in [5.41, 5.74) is 6.17.